The quantitative estimate of drug-likeness (QED) is 0.0302. The van der Waals surface area contributed by atoms with Gasteiger partial charge in [0.05, 0.1) is 39.6 Å². The van der Waals surface area contributed by atoms with Gasteiger partial charge in [-0.2, -0.15) is 12.2 Å². The number of rotatable bonds is 24. The van der Waals surface area contributed by atoms with Crippen molar-refractivity contribution in [3.8, 4) is 0 Å². The van der Waals surface area contributed by atoms with E-state index in [-0.39, 0.29) is 21.7 Å². The molecule has 0 aromatic heterocycles. The third-order valence-corrected chi connectivity index (χ3v) is 9.01. The van der Waals surface area contributed by atoms with Crippen molar-refractivity contribution in [3.05, 3.63) is 180 Å². The number of hydrogen-bond acceptors (Lipinski definition) is 6. The summed E-state index contributed by atoms with van der Waals surface area (Å²) in [5.74, 6) is -2.79. The summed E-state index contributed by atoms with van der Waals surface area (Å²) in [5, 5.41) is 0. The van der Waals surface area contributed by atoms with E-state index < -0.39 is 23.3 Å². The Morgan fingerprint density at radius 2 is 0.873 bits per heavy atom. The molecule has 4 aromatic rings. The monoisotopic (exact) mass is 902 g/mol. The molecule has 63 heavy (non-hydrogen) atoms. The minimum absolute atomic E-state index is 0. The van der Waals surface area contributed by atoms with Gasteiger partial charge in [0.2, 0.25) is 0 Å². The topological polar surface area (TPSA) is 43.4 Å². The average molecular weight is 903 g/mol. The van der Waals surface area contributed by atoms with Crippen LogP contribution in [0.25, 0.3) is 0 Å². The molecule has 6 rings (SSSR count). The summed E-state index contributed by atoms with van der Waals surface area (Å²) >= 11 is 0. The Morgan fingerprint density at radius 3 is 1.17 bits per heavy atom. The summed E-state index contributed by atoms with van der Waals surface area (Å²) in [6.07, 6.45) is 24.3. The molecule has 0 spiro atoms. The van der Waals surface area contributed by atoms with Crippen LogP contribution in [0.3, 0.4) is 0 Å². The first-order valence-corrected chi connectivity index (χ1v) is 21.5. The molecule has 0 radical (unpaired) electrons. The maximum absolute atomic E-state index is 14.2. The van der Waals surface area contributed by atoms with Crippen LogP contribution in [0.2, 0.25) is 0 Å². The van der Waals surface area contributed by atoms with Gasteiger partial charge < -0.3 is 28.7 Å². The smallest absolute Gasteiger partial charge is 0.415 e. The number of hydrogen-bond donors (Lipinski definition) is 0. The molecule has 6 nitrogen and oxygen atoms in total. The van der Waals surface area contributed by atoms with Crippen LogP contribution in [0.15, 0.2) is 121 Å². The first kappa shape index (κ1) is 54.8. The minimum Gasteiger partial charge on any atom is -0.415 e. The van der Waals surface area contributed by atoms with Crippen LogP contribution in [-0.2, 0) is 53.8 Å². The number of allylic oxidation sites excluding steroid dienone is 8. The molecule has 0 saturated carbocycles. The second-order valence-corrected chi connectivity index (χ2v) is 14.0. The molecule has 0 heterocycles. The summed E-state index contributed by atoms with van der Waals surface area (Å²) < 4.78 is 76.7. The molecule has 11 heteroatoms. The first-order valence-electron chi connectivity index (χ1n) is 21.5. The van der Waals surface area contributed by atoms with E-state index in [2.05, 4.69) is 50.3 Å². The minimum atomic E-state index is -0.702. The van der Waals surface area contributed by atoms with Crippen molar-refractivity contribution in [3.63, 3.8) is 0 Å². The summed E-state index contributed by atoms with van der Waals surface area (Å²) in [4.78, 5) is 3.66. The Balaban J connectivity index is 0.000000348. The van der Waals surface area contributed by atoms with Crippen molar-refractivity contribution in [1.29, 1.82) is 0 Å². The van der Waals surface area contributed by atoms with Gasteiger partial charge in [0, 0.05) is 62.7 Å². The van der Waals surface area contributed by atoms with Gasteiger partial charge >= 0.3 is 21.7 Å². The molecule has 336 valence electrons. The van der Waals surface area contributed by atoms with Crippen molar-refractivity contribution in [1.82, 2.24) is 0 Å². The molecule has 0 unspecified atom stereocenters. The van der Waals surface area contributed by atoms with E-state index in [9.17, 15) is 17.6 Å². The Bertz CT molecular complexity index is 1710. The van der Waals surface area contributed by atoms with Crippen LogP contribution in [0, 0.1) is 47.6 Å². The zero-order valence-electron chi connectivity index (χ0n) is 36.8. The third kappa shape index (κ3) is 25.6. The number of anilines is 2. The van der Waals surface area contributed by atoms with Crippen LogP contribution in [0.5, 0.6) is 0 Å². The Kier molecular flexibility index (Phi) is 31.4. The van der Waals surface area contributed by atoms with Crippen molar-refractivity contribution in [2.75, 3.05) is 75.7 Å². The largest absolute Gasteiger partial charge is 4.00 e. The van der Waals surface area contributed by atoms with Gasteiger partial charge in [0.25, 0.3) is 0 Å². The molecule has 2 aliphatic rings. The van der Waals surface area contributed by atoms with E-state index in [1.54, 1.807) is 0 Å². The SMILES string of the molecule is CCCCOCCOCCN(Cc1ccccc1)c1ccc(F)[c-]c1F.CCCCOCCOCCN(Cc1ccccc1)c1ccc(F)[c-]c1F.[C-]1=CC=CC1.[C-]1=CC=CC1.[Ti+4]. The van der Waals surface area contributed by atoms with E-state index >= 15 is 0 Å². The van der Waals surface area contributed by atoms with E-state index in [4.69, 9.17) is 18.9 Å². The van der Waals surface area contributed by atoms with E-state index in [0.717, 1.165) is 62.9 Å². The first-order chi connectivity index (χ1) is 30.4. The predicted octanol–water partition coefficient (Wildman–Crippen LogP) is 11.8. The number of halogens is 4. The van der Waals surface area contributed by atoms with Crippen molar-refractivity contribution < 1.29 is 58.2 Å². The summed E-state index contributed by atoms with van der Waals surface area (Å²) in [7, 11) is 0. The van der Waals surface area contributed by atoms with Crippen molar-refractivity contribution in [2.45, 2.75) is 65.5 Å². The molecule has 0 saturated heterocycles. The van der Waals surface area contributed by atoms with Gasteiger partial charge in [-0.25, -0.2) is 41.9 Å². The van der Waals surface area contributed by atoms with Gasteiger partial charge in [0.15, 0.2) is 0 Å². The van der Waals surface area contributed by atoms with Gasteiger partial charge in [-0.1, -0.05) is 87.4 Å². The molecule has 0 fully saturated rings. The summed E-state index contributed by atoms with van der Waals surface area (Å²) in [6.45, 7) is 10.7. The number of nitrogens with zero attached hydrogens (tertiary/aromatic N) is 2. The molecule has 0 atom stereocenters. The molecule has 0 amide bonds. The van der Waals surface area contributed by atoms with Gasteiger partial charge in [-0.3, -0.25) is 12.2 Å². The third-order valence-electron chi connectivity index (χ3n) is 9.01. The molecular formula is C52H62F4N2O4Ti. The van der Waals surface area contributed by atoms with Crippen LogP contribution in [0.4, 0.5) is 28.9 Å². The van der Waals surface area contributed by atoms with E-state index in [0.29, 0.717) is 77.2 Å². The molecule has 2 aliphatic carbocycles. The second kappa shape index (κ2) is 36.1. The molecule has 4 aromatic carbocycles. The van der Waals surface area contributed by atoms with E-state index in [1.807, 2.05) is 94.8 Å². The zero-order chi connectivity index (χ0) is 44.3. The summed E-state index contributed by atoms with van der Waals surface area (Å²) in [5.41, 5.74) is 2.72. The number of ether oxygens (including phenoxy) is 4. The zero-order valence-corrected chi connectivity index (χ0v) is 38.4. The molecule has 0 bridgehead atoms. The Morgan fingerprint density at radius 1 is 0.492 bits per heavy atom. The second-order valence-electron chi connectivity index (χ2n) is 14.0. The number of unbranched alkanes of at least 4 members (excludes halogenated alkanes) is 2. The average Bonchev–Trinajstić information content (AvgIpc) is 4.08. The number of benzene rings is 4. The fourth-order valence-corrected chi connectivity index (χ4v) is 5.70. The van der Waals surface area contributed by atoms with E-state index in [1.165, 1.54) is 24.3 Å². The van der Waals surface area contributed by atoms with Crippen molar-refractivity contribution in [2.24, 2.45) is 0 Å². The molecule has 0 aliphatic heterocycles. The normalized spacial score (nSPS) is 11.8. The standard InChI is InChI=1S/2C21H26F2NO2.2C5H5.Ti/c2*1-2-3-12-25-14-15-26-13-11-24(17-18-7-5-4-6-8-18)21-10-9-19(22)16-20(21)23;2*1-2-4-5-3-1;/h2*4-10H,2-3,11-15,17H2,1H3;2*1-3H,4H2;/q4*-1;+4. The molecule has 0 N–H and O–H groups in total. The predicted molar refractivity (Wildman–Crippen MR) is 242 cm³/mol. The maximum Gasteiger partial charge on any atom is 4.00 e. The van der Waals surface area contributed by atoms with Crippen LogP contribution in [-0.4, -0.2) is 65.9 Å². The van der Waals surface area contributed by atoms with Crippen LogP contribution >= 0.6 is 0 Å². The maximum atomic E-state index is 14.2. The van der Waals surface area contributed by atoms with Crippen LogP contribution in [0.1, 0.15) is 63.5 Å². The fraction of sp³-hybridized carbons (Fsp3) is 0.385. The summed E-state index contributed by atoms with van der Waals surface area (Å²) in [6, 6.07) is 29.0. The van der Waals surface area contributed by atoms with Crippen LogP contribution < -0.4 is 9.80 Å². The Hall–Kier alpha value is -4.29. The Labute approximate surface area is 389 Å². The molecular weight excluding hydrogens is 840 g/mol. The van der Waals surface area contributed by atoms with Crippen molar-refractivity contribution >= 4 is 11.4 Å². The fourth-order valence-electron chi connectivity index (χ4n) is 5.70. The van der Waals surface area contributed by atoms with Gasteiger partial charge in [0.1, 0.15) is 0 Å². The van der Waals surface area contributed by atoms with Gasteiger partial charge in [-0.15, -0.1) is 49.2 Å². The van der Waals surface area contributed by atoms with Gasteiger partial charge in [-0.05, 0) is 35.3 Å².